The minimum Gasteiger partial charge on any atom is -0.457 e. The molecule has 5 nitrogen and oxygen atoms in total. The zero-order valence-electron chi connectivity index (χ0n) is 8.39. The molecule has 2 heterocycles. The molecule has 0 aliphatic rings. The van der Waals surface area contributed by atoms with Gasteiger partial charge in [-0.05, 0) is 28.1 Å². The van der Waals surface area contributed by atoms with Crippen LogP contribution in [0.2, 0.25) is 0 Å². The largest absolute Gasteiger partial charge is 0.457 e. The van der Waals surface area contributed by atoms with Crippen LogP contribution in [0.3, 0.4) is 0 Å². The Bertz CT molecular complexity index is 464. The molecule has 2 aromatic rings. The fourth-order valence-electron chi connectivity index (χ4n) is 1.27. The molecule has 0 unspecified atom stereocenters. The molecule has 16 heavy (non-hydrogen) atoms. The molecular weight excluding hydrogens is 274 g/mol. The number of nitrogens with one attached hydrogen (secondary N) is 1. The van der Waals surface area contributed by atoms with Crippen molar-refractivity contribution < 1.29 is 9.21 Å². The van der Waals surface area contributed by atoms with Gasteiger partial charge in [0, 0.05) is 18.9 Å². The second kappa shape index (κ2) is 4.98. The smallest absolute Gasteiger partial charge is 0.255 e. The molecule has 0 fully saturated rings. The van der Waals surface area contributed by atoms with E-state index in [1.54, 1.807) is 16.9 Å². The highest BCUT2D eigenvalue weighted by molar-refractivity contribution is 9.10. The van der Waals surface area contributed by atoms with Gasteiger partial charge in [0.05, 0.1) is 18.4 Å². The lowest BCUT2D eigenvalue weighted by Gasteiger charge is -2.03. The average molecular weight is 284 g/mol. The molecule has 6 heteroatoms. The summed E-state index contributed by atoms with van der Waals surface area (Å²) < 4.78 is 7.18. The first-order valence-corrected chi connectivity index (χ1v) is 5.55. The van der Waals surface area contributed by atoms with Crippen LogP contribution in [0.15, 0.2) is 39.9 Å². The van der Waals surface area contributed by atoms with Crippen LogP contribution in [0, 0.1) is 0 Å². The molecule has 1 N–H and O–H groups in total. The van der Waals surface area contributed by atoms with Crippen LogP contribution in [0.1, 0.15) is 10.4 Å². The van der Waals surface area contributed by atoms with Gasteiger partial charge in [0.1, 0.15) is 0 Å². The van der Waals surface area contributed by atoms with Crippen LogP contribution < -0.4 is 5.32 Å². The van der Waals surface area contributed by atoms with Crippen molar-refractivity contribution >= 4 is 21.8 Å². The monoisotopic (exact) mass is 283 g/mol. The summed E-state index contributed by atoms with van der Waals surface area (Å²) in [5.41, 5.74) is 0.500. The molecule has 1 amide bonds. The van der Waals surface area contributed by atoms with E-state index in [4.69, 9.17) is 4.42 Å². The molecule has 0 saturated carbocycles. The minimum atomic E-state index is -0.159. The Morgan fingerprint density at radius 2 is 2.50 bits per heavy atom. The summed E-state index contributed by atoms with van der Waals surface area (Å²) in [5.74, 6) is -0.159. The topological polar surface area (TPSA) is 60.1 Å². The maximum absolute atomic E-state index is 11.6. The first-order valence-electron chi connectivity index (χ1n) is 4.76. The van der Waals surface area contributed by atoms with Crippen molar-refractivity contribution in [2.45, 2.75) is 6.54 Å². The van der Waals surface area contributed by atoms with E-state index in [2.05, 4.69) is 26.3 Å². The standard InChI is InChI=1S/C10H10BrN3O2/c11-9-8(2-7-16-9)10(15)12-4-6-14-5-1-3-13-14/h1-3,5,7H,4,6H2,(H,12,15). The highest BCUT2D eigenvalue weighted by Crippen LogP contribution is 2.16. The lowest BCUT2D eigenvalue weighted by atomic mass is 10.3. The van der Waals surface area contributed by atoms with Crippen LogP contribution >= 0.6 is 15.9 Å². The van der Waals surface area contributed by atoms with Gasteiger partial charge < -0.3 is 9.73 Å². The lowest BCUT2D eigenvalue weighted by molar-refractivity contribution is 0.0950. The first kappa shape index (κ1) is 10.9. The van der Waals surface area contributed by atoms with Gasteiger partial charge in [0.15, 0.2) is 4.67 Å². The maximum Gasteiger partial charge on any atom is 0.255 e. The van der Waals surface area contributed by atoms with E-state index in [9.17, 15) is 4.79 Å². The Morgan fingerprint density at radius 1 is 1.62 bits per heavy atom. The highest BCUT2D eigenvalue weighted by Gasteiger charge is 2.11. The molecular formula is C10H10BrN3O2. The SMILES string of the molecule is O=C(NCCn1cccn1)c1ccoc1Br. The Morgan fingerprint density at radius 3 is 3.12 bits per heavy atom. The minimum absolute atomic E-state index is 0.159. The molecule has 0 aliphatic heterocycles. The fourth-order valence-corrected chi connectivity index (χ4v) is 1.69. The summed E-state index contributed by atoms with van der Waals surface area (Å²) in [7, 11) is 0. The molecule has 0 bridgehead atoms. The zero-order valence-corrected chi connectivity index (χ0v) is 9.98. The van der Waals surface area contributed by atoms with Crippen molar-refractivity contribution in [1.29, 1.82) is 0 Å². The molecule has 0 aliphatic carbocycles. The maximum atomic E-state index is 11.6. The number of aromatic nitrogens is 2. The van der Waals surface area contributed by atoms with Crippen molar-refractivity contribution in [3.63, 3.8) is 0 Å². The predicted octanol–water partition coefficient (Wildman–Crippen LogP) is 1.67. The molecule has 2 aromatic heterocycles. The summed E-state index contributed by atoms with van der Waals surface area (Å²) >= 11 is 3.15. The number of nitrogens with zero attached hydrogens (tertiary/aromatic N) is 2. The van der Waals surface area contributed by atoms with Crippen molar-refractivity contribution in [1.82, 2.24) is 15.1 Å². The molecule has 0 spiro atoms. The zero-order chi connectivity index (χ0) is 11.4. The Labute approximate surface area is 101 Å². The van der Waals surface area contributed by atoms with Crippen LogP contribution in [0.4, 0.5) is 0 Å². The van der Waals surface area contributed by atoms with Crippen molar-refractivity contribution in [3.8, 4) is 0 Å². The predicted molar refractivity (Wildman–Crippen MR) is 61.0 cm³/mol. The van der Waals surface area contributed by atoms with Crippen LogP contribution in [-0.4, -0.2) is 22.2 Å². The third-order valence-electron chi connectivity index (χ3n) is 2.05. The summed E-state index contributed by atoms with van der Waals surface area (Å²) in [6, 6.07) is 3.46. The van der Waals surface area contributed by atoms with Crippen LogP contribution in [0.5, 0.6) is 0 Å². The van der Waals surface area contributed by atoms with Gasteiger partial charge >= 0.3 is 0 Å². The quantitative estimate of drug-likeness (QED) is 0.929. The Hall–Kier alpha value is -1.56. The van der Waals surface area contributed by atoms with Crippen molar-refractivity contribution in [3.05, 3.63) is 41.0 Å². The van der Waals surface area contributed by atoms with E-state index in [0.717, 1.165) is 0 Å². The number of amides is 1. The summed E-state index contributed by atoms with van der Waals surface area (Å²) in [6.45, 7) is 1.17. The van der Waals surface area contributed by atoms with Gasteiger partial charge in [-0.15, -0.1) is 0 Å². The number of halogens is 1. The molecule has 0 saturated heterocycles. The Kier molecular flexibility index (Phi) is 3.40. The van der Waals surface area contributed by atoms with E-state index in [-0.39, 0.29) is 5.91 Å². The third kappa shape index (κ3) is 2.52. The molecule has 0 aromatic carbocycles. The second-order valence-corrected chi connectivity index (χ2v) is 3.85. The van der Waals surface area contributed by atoms with Gasteiger partial charge in [-0.1, -0.05) is 0 Å². The van der Waals surface area contributed by atoms with Gasteiger partial charge in [-0.3, -0.25) is 9.48 Å². The first-order chi connectivity index (χ1) is 7.77. The molecule has 84 valence electrons. The summed E-state index contributed by atoms with van der Waals surface area (Å²) in [5, 5.41) is 6.81. The van der Waals surface area contributed by atoms with Crippen LogP contribution in [-0.2, 0) is 6.54 Å². The normalized spacial score (nSPS) is 10.3. The second-order valence-electron chi connectivity index (χ2n) is 3.13. The van der Waals surface area contributed by atoms with Gasteiger partial charge in [-0.25, -0.2) is 0 Å². The van der Waals surface area contributed by atoms with E-state index in [0.29, 0.717) is 23.3 Å². The number of furan rings is 1. The number of carbonyl (C=O) groups is 1. The Balaban J connectivity index is 1.83. The number of rotatable bonds is 4. The van der Waals surface area contributed by atoms with Crippen LogP contribution in [0.25, 0.3) is 0 Å². The van der Waals surface area contributed by atoms with E-state index in [1.165, 1.54) is 6.26 Å². The molecule has 0 atom stereocenters. The molecule has 2 rings (SSSR count). The summed E-state index contributed by atoms with van der Waals surface area (Å²) in [4.78, 5) is 11.6. The fraction of sp³-hybridized carbons (Fsp3) is 0.200. The summed E-state index contributed by atoms with van der Waals surface area (Å²) in [6.07, 6.45) is 5.01. The van der Waals surface area contributed by atoms with Gasteiger partial charge in [0.2, 0.25) is 0 Å². The molecule has 0 radical (unpaired) electrons. The third-order valence-corrected chi connectivity index (χ3v) is 2.66. The number of hydrogen-bond acceptors (Lipinski definition) is 3. The number of hydrogen-bond donors (Lipinski definition) is 1. The van der Waals surface area contributed by atoms with E-state index < -0.39 is 0 Å². The van der Waals surface area contributed by atoms with Crippen molar-refractivity contribution in [2.75, 3.05) is 6.54 Å². The van der Waals surface area contributed by atoms with Gasteiger partial charge in [0.25, 0.3) is 5.91 Å². The van der Waals surface area contributed by atoms with E-state index in [1.807, 2.05) is 12.3 Å². The highest BCUT2D eigenvalue weighted by atomic mass is 79.9. The van der Waals surface area contributed by atoms with Crippen molar-refractivity contribution in [2.24, 2.45) is 0 Å². The van der Waals surface area contributed by atoms with Gasteiger partial charge in [-0.2, -0.15) is 5.10 Å². The average Bonchev–Trinajstić information content (AvgIpc) is 2.88. The van der Waals surface area contributed by atoms with E-state index >= 15 is 0 Å². The number of carbonyl (C=O) groups excluding carboxylic acids is 1. The lowest BCUT2D eigenvalue weighted by Crippen LogP contribution is -2.27.